The fourth-order valence-corrected chi connectivity index (χ4v) is 9.41. The Hall–Kier alpha value is -5.06. The highest BCUT2D eigenvalue weighted by atomic mass is 19.1. The second-order valence-electron chi connectivity index (χ2n) is 14.2. The number of carboxylic acid groups (broad SMARTS) is 1. The standard InChI is InChI=1S/C38H36F2N6O5/c1-5-24-26(39)11-9-21-7-6-8-25(28(21)24)31-30(40)32-29-34(43-36(42-32)50-18-38-15-23(49-4)17-44(38)14-13-19(38)2)45-16-22-10-12-27(46(22)37(47)48)33(45)20(3)51-35(29)41-31/h1,6-9,11,20,22-23,27,33H,2,10,12-18H2,3-4H3,(H,47,48)/t20?,22?,23-,27?,33?,38?/m1/s1. The zero-order valence-electron chi connectivity index (χ0n) is 28.2. The van der Waals surface area contributed by atoms with Gasteiger partial charge in [0.1, 0.15) is 40.9 Å². The Morgan fingerprint density at radius 1 is 1.18 bits per heavy atom. The molecule has 262 valence electrons. The van der Waals surface area contributed by atoms with Crippen LogP contribution < -0.4 is 14.4 Å². The first-order valence-corrected chi connectivity index (χ1v) is 17.3. The van der Waals surface area contributed by atoms with Crippen LogP contribution >= 0.6 is 0 Å². The van der Waals surface area contributed by atoms with Gasteiger partial charge in [0.15, 0.2) is 5.82 Å². The number of rotatable bonds is 5. The lowest BCUT2D eigenvalue weighted by molar-refractivity contribution is 0.0706. The van der Waals surface area contributed by atoms with Crippen molar-refractivity contribution in [2.45, 2.75) is 68.5 Å². The van der Waals surface area contributed by atoms with Crippen LogP contribution in [-0.2, 0) is 4.74 Å². The van der Waals surface area contributed by atoms with Gasteiger partial charge in [-0.05, 0) is 37.6 Å². The number of benzene rings is 2. The van der Waals surface area contributed by atoms with Crippen LogP contribution in [0, 0.1) is 24.0 Å². The second-order valence-corrected chi connectivity index (χ2v) is 14.2. The number of hydrogen-bond donors (Lipinski definition) is 1. The van der Waals surface area contributed by atoms with E-state index < -0.39 is 35.4 Å². The molecule has 0 aliphatic carbocycles. The Balaban J connectivity index is 1.24. The number of carbonyl (C=O) groups is 1. The Labute approximate surface area is 292 Å². The highest BCUT2D eigenvalue weighted by Gasteiger charge is 2.54. The number of hydrogen-bond acceptors (Lipinski definition) is 9. The van der Waals surface area contributed by atoms with Crippen molar-refractivity contribution in [3.63, 3.8) is 0 Å². The maximum absolute atomic E-state index is 17.3. The number of ether oxygens (including phenoxy) is 3. The molecule has 2 bridgehead atoms. The van der Waals surface area contributed by atoms with Gasteiger partial charge in [-0.25, -0.2) is 18.6 Å². The quantitative estimate of drug-likeness (QED) is 0.216. The van der Waals surface area contributed by atoms with Crippen LogP contribution in [0.15, 0.2) is 42.5 Å². The van der Waals surface area contributed by atoms with Crippen LogP contribution in [0.5, 0.6) is 11.9 Å². The molecule has 11 nitrogen and oxygen atoms in total. The average Bonchev–Trinajstić information content (AvgIpc) is 3.73. The molecule has 51 heavy (non-hydrogen) atoms. The molecule has 4 aromatic rings. The Bertz CT molecular complexity index is 2210. The average molecular weight is 695 g/mol. The number of terminal acetylenes is 1. The molecular formula is C38H36F2N6O5. The van der Waals surface area contributed by atoms with Crippen molar-refractivity contribution >= 4 is 33.6 Å². The molecule has 4 saturated heterocycles. The van der Waals surface area contributed by atoms with Gasteiger partial charge >= 0.3 is 12.1 Å². The number of fused-ring (bicyclic) bond motifs is 7. The van der Waals surface area contributed by atoms with E-state index in [1.807, 2.05) is 11.8 Å². The summed E-state index contributed by atoms with van der Waals surface area (Å²) in [5, 5.41) is 11.4. The molecular weight excluding hydrogens is 658 g/mol. The number of halogens is 2. The van der Waals surface area contributed by atoms with E-state index in [1.165, 1.54) is 11.0 Å². The van der Waals surface area contributed by atoms with E-state index in [-0.39, 0.29) is 64.4 Å². The van der Waals surface area contributed by atoms with Crippen molar-refractivity contribution < 1.29 is 32.9 Å². The first-order chi connectivity index (χ1) is 24.6. The number of amides is 1. The van der Waals surface area contributed by atoms with Gasteiger partial charge in [0, 0.05) is 44.1 Å². The highest BCUT2D eigenvalue weighted by molar-refractivity contribution is 6.03. The van der Waals surface area contributed by atoms with Crippen molar-refractivity contribution in [1.29, 1.82) is 0 Å². The lowest BCUT2D eigenvalue weighted by Crippen LogP contribution is -2.64. The molecule has 6 atom stereocenters. The smallest absolute Gasteiger partial charge is 0.407 e. The molecule has 0 saturated carbocycles. The van der Waals surface area contributed by atoms with E-state index in [4.69, 9.17) is 30.6 Å². The summed E-state index contributed by atoms with van der Waals surface area (Å²) in [4.78, 5) is 32.7. The van der Waals surface area contributed by atoms with E-state index in [1.54, 1.807) is 31.4 Å². The van der Waals surface area contributed by atoms with Gasteiger partial charge in [-0.1, -0.05) is 42.3 Å². The number of piperazine rings is 1. The highest BCUT2D eigenvalue weighted by Crippen LogP contribution is 2.48. The molecule has 9 rings (SSSR count). The van der Waals surface area contributed by atoms with Crippen LogP contribution in [0.1, 0.15) is 38.2 Å². The normalized spacial score (nSPS) is 28.1. The van der Waals surface area contributed by atoms with Gasteiger partial charge in [0.25, 0.3) is 0 Å². The van der Waals surface area contributed by atoms with E-state index >= 15 is 8.78 Å². The minimum Gasteiger partial charge on any atom is -0.472 e. The van der Waals surface area contributed by atoms with E-state index in [0.717, 1.165) is 25.1 Å². The van der Waals surface area contributed by atoms with Gasteiger partial charge in [0.2, 0.25) is 5.88 Å². The largest absolute Gasteiger partial charge is 0.472 e. The molecule has 5 aliphatic heterocycles. The number of anilines is 1. The van der Waals surface area contributed by atoms with Crippen molar-refractivity contribution in [3.8, 4) is 35.5 Å². The predicted octanol–water partition coefficient (Wildman–Crippen LogP) is 5.38. The Morgan fingerprint density at radius 2 is 2.02 bits per heavy atom. The third kappa shape index (κ3) is 4.55. The number of nitrogens with zero attached hydrogens (tertiary/aromatic N) is 6. The van der Waals surface area contributed by atoms with Gasteiger partial charge < -0.3 is 24.2 Å². The van der Waals surface area contributed by atoms with E-state index in [2.05, 4.69) is 22.4 Å². The summed E-state index contributed by atoms with van der Waals surface area (Å²) in [6, 6.07) is 6.87. The van der Waals surface area contributed by atoms with Gasteiger partial charge in [-0.15, -0.1) is 6.42 Å². The molecule has 5 unspecified atom stereocenters. The van der Waals surface area contributed by atoms with Gasteiger partial charge in [-0.3, -0.25) is 9.80 Å². The maximum Gasteiger partial charge on any atom is 0.407 e. The van der Waals surface area contributed by atoms with Crippen molar-refractivity contribution in [3.05, 3.63) is 59.7 Å². The maximum atomic E-state index is 17.3. The first kappa shape index (κ1) is 31.9. The number of aromatic nitrogens is 3. The minimum atomic E-state index is -0.988. The summed E-state index contributed by atoms with van der Waals surface area (Å²) in [5.74, 6) is 1.51. The molecule has 7 heterocycles. The monoisotopic (exact) mass is 694 g/mol. The summed E-state index contributed by atoms with van der Waals surface area (Å²) in [6.45, 7) is 8.32. The Morgan fingerprint density at radius 3 is 2.80 bits per heavy atom. The zero-order valence-corrected chi connectivity index (χ0v) is 28.2. The number of methoxy groups -OCH3 is 1. The minimum absolute atomic E-state index is 0.00889. The zero-order chi connectivity index (χ0) is 35.3. The van der Waals surface area contributed by atoms with Crippen LogP contribution in [0.2, 0.25) is 0 Å². The van der Waals surface area contributed by atoms with Crippen LogP contribution in [0.4, 0.5) is 19.4 Å². The molecule has 2 aromatic carbocycles. The van der Waals surface area contributed by atoms with Crippen LogP contribution in [0.3, 0.4) is 0 Å². The topological polar surface area (TPSA) is 113 Å². The lowest BCUT2D eigenvalue weighted by Gasteiger charge is -2.47. The predicted molar refractivity (Wildman–Crippen MR) is 185 cm³/mol. The summed E-state index contributed by atoms with van der Waals surface area (Å²) in [7, 11) is 1.70. The van der Waals surface area contributed by atoms with Crippen molar-refractivity contribution in [2.75, 3.05) is 38.3 Å². The summed E-state index contributed by atoms with van der Waals surface area (Å²) in [5.41, 5.74) is 0.635. The fraction of sp³-hybridized carbons (Fsp3) is 0.421. The summed E-state index contributed by atoms with van der Waals surface area (Å²) < 4.78 is 51.1. The first-order valence-electron chi connectivity index (χ1n) is 17.3. The van der Waals surface area contributed by atoms with E-state index in [0.29, 0.717) is 42.4 Å². The Kier molecular flexibility index (Phi) is 7.18. The number of pyridine rings is 1. The van der Waals surface area contributed by atoms with Crippen LogP contribution in [0.25, 0.3) is 32.9 Å². The lowest BCUT2D eigenvalue weighted by atomic mass is 9.90. The van der Waals surface area contributed by atoms with Gasteiger partial charge in [-0.2, -0.15) is 9.97 Å². The second kappa shape index (κ2) is 11.5. The molecule has 1 amide bonds. The SMILES string of the molecule is C#Cc1c(F)ccc2cccc(-c3nc4c5c(nc(OCC67C[C@@H](OC)CN6CCC7=C)nc5c3F)N3CC5CCC(C3C(C)O4)N5C(=O)O)c12. The fourth-order valence-electron chi connectivity index (χ4n) is 9.41. The molecule has 1 N–H and O–H groups in total. The molecule has 0 spiro atoms. The van der Waals surface area contributed by atoms with Crippen molar-refractivity contribution in [2.24, 2.45) is 0 Å². The third-order valence-electron chi connectivity index (χ3n) is 11.8. The molecule has 13 heteroatoms. The molecule has 4 fully saturated rings. The molecule has 0 radical (unpaired) electrons. The van der Waals surface area contributed by atoms with Crippen molar-refractivity contribution in [1.82, 2.24) is 24.8 Å². The third-order valence-corrected chi connectivity index (χ3v) is 11.8. The molecule has 5 aliphatic rings. The van der Waals surface area contributed by atoms with E-state index in [9.17, 15) is 9.90 Å². The van der Waals surface area contributed by atoms with Gasteiger partial charge in [0.05, 0.1) is 35.3 Å². The summed E-state index contributed by atoms with van der Waals surface area (Å²) in [6.07, 6.45) is 7.08. The molecule has 2 aromatic heterocycles. The summed E-state index contributed by atoms with van der Waals surface area (Å²) >= 11 is 0. The van der Waals surface area contributed by atoms with Crippen LogP contribution in [-0.4, -0.2) is 105 Å².